The molecule has 1 rings (SSSR count). The number of unbranched alkanes of at least 4 members (excludes halogenated alkanes) is 2. The molecule has 0 radical (unpaired) electrons. The van der Waals surface area contributed by atoms with Crippen molar-refractivity contribution >= 4 is 11.8 Å². The van der Waals surface area contributed by atoms with E-state index in [1.807, 2.05) is 0 Å². The molecule has 0 saturated carbocycles. The Labute approximate surface area is 108 Å². The van der Waals surface area contributed by atoms with Crippen LogP contribution in [0.25, 0.3) is 0 Å². The van der Waals surface area contributed by atoms with Gasteiger partial charge in [-0.05, 0) is 38.8 Å². The number of carbonyl (C=O) groups is 2. The van der Waals surface area contributed by atoms with Crippen LogP contribution in [0.2, 0.25) is 0 Å². The van der Waals surface area contributed by atoms with Crippen molar-refractivity contribution in [2.45, 2.75) is 25.7 Å². The Balaban J connectivity index is 2.35. The zero-order valence-corrected chi connectivity index (χ0v) is 10.9. The van der Waals surface area contributed by atoms with Crippen molar-refractivity contribution in [1.82, 2.24) is 9.80 Å². The van der Waals surface area contributed by atoms with Gasteiger partial charge in [0.05, 0.1) is 0 Å². The van der Waals surface area contributed by atoms with Crippen molar-refractivity contribution in [2.75, 3.05) is 39.3 Å². The first-order chi connectivity index (χ1) is 8.70. The summed E-state index contributed by atoms with van der Waals surface area (Å²) in [7, 11) is 0. The second kappa shape index (κ2) is 8.05. The Morgan fingerprint density at radius 3 is 1.50 bits per heavy atom. The zero-order chi connectivity index (χ0) is 13.4. The number of hydrogen-bond donors (Lipinski definition) is 2. The van der Waals surface area contributed by atoms with E-state index >= 15 is 0 Å². The molecule has 0 spiro atoms. The van der Waals surface area contributed by atoms with E-state index in [1.54, 1.807) is 9.80 Å². The molecule has 0 unspecified atom stereocenters. The molecule has 0 aliphatic carbocycles. The zero-order valence-electron chi connectivity index (χ0n) is 10.9. The average molecular weight is 256 g/mol. The minimum atomic E-state index is -0.369. The van der Waals surface area contributed by atoms with Crippen LogP contribution in [0.4, 0.5) is 0 Å². The number of nitrogens with zero attached hydrogens (tertiary/aromatic N) is 2. The fourth-order valence-electron chi connectivity index (χ4n) is 2.04. The van der Waals surface area contributed by atoms with Gasteiger partial charge < -0.3 is 21.3 Å². The summed E-state index contributed by atoms with van der Waals surface area (Å²) in [6.45, 7) is 3.80. The molecule has 0 bridgehead atoms. The number of nitrogens with two attached hydrogens (primary N) is 2. The molecule has 2 amide bonds. The quantitative estimate of drug-likeness (QED) is 0.436. The van der Waals surface area contributed by atoms with Crippen LogP contribution in [0.3, 0.4) is 0 Å². The maximum absolute atomic E-state index is 11.8. The van der Waals surface area contributed by atoms with Crippen LogP contribution < -0.4 is 11.5 Å². The van der Waals surface area contributed by atoms with Crippen molar-refractivity contribution in [3.05, 3.63) is 0 Å². The SMILES string of the molecule is NCCCCN1CCN(CCCCN)C(=O)C1=O. The second-order valence-corrected chi connectivity index (χ2v) is 4.58. The Morgan fingerprint density at radius 1 is 0.778 bits per heavy atom. The van der Waals surface area contributed by atoms with Crippen LogP contribution in [0, 0.1) is 0 Å². The van der Waals surface area contributed by atoms with Gasteiger partial charge in [-0.1, -0.05) is 0 Å². The topological polar surface area (TPSA) is 92.7 Å². The lowest BCUT2D eigenvalue weighted by atomic mass is 10.2. The number of amides is 2. The lowest BCUT2D eigenvalue weighted by Crippen LogP contribution is -2.54. The van der Waals surface area contributed by atoms with Crippen molar-refractivity contribution in [2.24, 2.45) is 11.5 Å². The highest BCUT2D eigenvalue weighted by atomic mass is 16.2. The average Bonchev–Trinajstić information content (AvgIpc) is 2.37. The molecule has 0 atom stereocenters. The van der Waals surface area contributed by atoms with Crippen LogP contribution in [-0.4, -0.2) is 60.9 Å². The van der Waals surface area contributed by atoms with Gasteiger partial charge in [0, 0.05) is 26.2 Å². The van der Waals surface area contributed by atoms with Crippen molar-refractivity contribution in [3.8, 4) is 0 Å². The van der Waals surface area contributed by atoms with Gasteiger partial charge in [0.2, 0.25) is 0 Å². The molecule has 18 heavy (non-hydrogen) atoms. The fraction of sp³-hybridized carbons (Fsp3) is 0.833. The smallest absolute Gasteiger partial charge is 0.312 e. The Bertz CT molecular complexity index is 255. The summed E-state index contributed by atoms with van der Waals surface area (Å²) < 4.78 is 0. The van der Waals surface area contributed by atoms with Gasteiger partial charge in [-0.3, -0.25) is 9.59 Å². The van der Waals surface area contributed by atoms with E-state index < -0.39 is 0 Å². The third-order valence-electron chi connectivity index (χ3n) is 3.16. The van der Waals surface area contributed by atoms with Gasteiger partial charge in [-0.25, -0.2) is 0 Å². The molecule has 1 aliphatic rings. The highest BCUT2D eigenvalue weighted by Crippen LogP contribution is 2.07. The largest absolute Gasteiger partial charge is 0.333 e. The standard InChI is InChI=1S/C12H24N4O2/c13-5-1-3-7-15-9-10-16(8-4-2-6-14)12(18)11(15)17/h1-10,13-14H2. The first-order valence-corrected chi connectivity index (χ1v) is 6.69. The summed E-state index contributed by atoms with van der Waals surface area (Å²) in [5.74, 6) is -0.739. The maximum Gasteiger partial charge on any atom is 0.312 e. The molecule has 0 aromatic rings. The van der Waals surface area contributed by atoms with E-state index in [9.17, 15) is 9.59 Å². The van der Waals surface area contributed by atoms with Crippen molar-refractivity contribution in [1.29, 1.82) is 0 Å². The third-order valence-corrected chi connectivity index (χ3v) is 3.16. The van der Waals surface area contributed by atoms with E-state index in [-0.39, 0.29) is 11.8 Å². The van der Waals surface area contributed by atoms with Gasteiger partial charge >= 0.3 is 11.8 Å². The van der Waals surface area contributed by atoms with E-state index in [0.29, 0.717) is 39.3 Å². The monoisotopic (exact) mass is 256 g/mol. The van der Waals surface area contributed by atoms with Crippen LogP contribution in [0.5, 0.6) is 0 Å². The summed E-state index contributed by atoms with van der Waals surface area (Å²) in [4.78, 5) is 27.0. The minimum Gasteiger partial charge on any atom is -0.333 e. The molecular formula is C12H24N4O2. The highest BCUT2D eigenvalue weighted by Gasteiger charge is 2.31. The molecule has 6 nitrogen and oxygen atoms in total. The summed E-state index contributed by atoms with van der Waals surface area (Å²) in [6, 6.07) is 0. The van der Waals surface area contributed by atoms with Crippen LogP contribution in [0.1, 0.15) is 25.7 Å². The van der Waals surface area contributed by atoms with Crippen molar-refractivity contribution in [3.63, 3.8) is 0 Å². The first-order valence-electron chi connectivity index (χ1n) is 6.69. The summed E-state index contributed by atoms with van der Waals surface area (Å²) in [5, 5.41) is 0. The van der Waals surface area contributed by atoms with E-state index in [0.717, 1.165) is 25.7 Å². The van der Waals surface area contributed by atoms with Gasteiger partial charge in [0.25, 0.3) is 0 Å². The lowest BCUT2D eigenvalue weighted by molar-refractivity contribution is -0.156. The third kappa shape index (κ3) is 4.27. The molecule has 6 heteroatoms. The number of carbonyl (C=O) groups excluding carboxylic acids is 2. The van der Waals surface area contributed by atoms with Gasteiger partial charge in [-0.15, -0.1) is 0 Å². The predicted molar refractivity (Wildman–Crippen MR) is 69.7 cm³/mol. The summed E-state index contributed by atoms with van der Waals surface area (Å²) in [5.41, 5.74) is 10.8. The summed E-state index contributed by atoms with van der Waals surface area (Å²) >= 11 is 0. The molecule has 104 valence electrons. The normalized spacial score (nSPS) is 16.6. The number of rotatable bonds is 8. The molecule has 4 N–H and O–H groups in total. The van der Waals surface area contributed by atoms with E-state index in [2.05, 4.69) is 0 Å². The van der Waals surface area contributed by atoms with Crippen LogP contribution in [-0.2, 0) is 9.59 Å². The van der Waals surface area contributed by atoms with E-state index in [4.69, 9.17) is 11.5 Å². The highest BCUT2D eigenvalue weighted by molar-refractivity contribution is 6.35. The van der Waals surface area contributed by atoms with Gasteiger partial charge in [-0.2, -0.15) is 0 Å². The molecule has 1 aliphatic heterocycles. The van der Waals surface area contributed by atoms with Gasteiger partial charge in [0.15, 0.2) is 0 Å². The number of hydrogen-bond acceptors (Lipinski definition) is 4. The van der Waals surface area contributed by atoms with Crippen LogP contribution >= 0.6 is 0 Å². The first kappa shape index (κ1) is 14.9. The van der Waals surface area contributed by atoms with Crippen molar-refractivity contribution < 1.29 is 9.59 Å². The molecule has 0 aromatic heterocycles. The Hall–Kier alpha value is -1.14. The minimum absolute atomic E-state index is 0.369. The second-order valence-electron chi connectivity index (χ2n) is 4.58. The molecule has 1 heterocycles. The maximum atomic E-state index is 11.8. The fourth-order valence-corrected chi connectivity index (χ4v) is 2.04. The van der Waals surface area contributed by atoms with Crippen LogP contribution in [0.15, 0.2) is 0 Å². The molecule has 1 fully saturated rings. The van der Waals surface area contributed by atoms with E-state index in [1.165, 1.54) is 0 Å². The summed E-state index contributed by atoms with van der Waals surface area (Å²) in [6.07, 6.45) is 3.50. The molecular weight excluding hydrogens is 232 g/mol. The Morgan fingerprint density at radius 2 is 1.17 bits per heavy atom. The lowest BCUT2D eigenvalue weighted by Gasteiger charge is -2.33. The Kier molecular flexibility index (Phi) is 6.67. The predicted octanol–water partition coefficient (Wildman–Crippen LogP) is -0.865. The van der Waals surface area contributed by atoms with Gasteiger partial charge in [0.1, 0.15) is 0 Å². The molecule has 0 aromatic carbocycles. The molecule has 1 saturated heterocycles. The number of piperazine rings is 1.